The molecule has 150 valence electrons. The van der Waals surface area contributed by atoms with Gasteiger partial charge < -0.3 is 10.1 Å². The van der Waals surface area contributed by atoms with E-state index in [4.69, 9.17) is 16.3 Å². The molecule has 3 aromatic carbocycles. The minimum Gasteiger partial charge on any atom is -0.497 e. The average Bonchev–Trinajstić information content (AvgIpc) is 3.20. The lowest BCUT2D eigenvalue weighted by atomic mass is 10.2. The second-order valence-electron chi connectivity index (χ2n) is 6.65. The number of nitrogens with zero attached hydrogens (tertiary/aromatic N) is 3. The van der Waals surface area contributed by atoms with Gasteiger partial charge in [-0.2, -0.15) is 0 Å². The van der Waals surface area contributed by atoms with Crippen molar-refractivity contribution in [2.24, 2.45) is 0 Å². The third kappa shape index (κ3) is 4.04. The second kappa shape index (κ2) is 8.39. The molecule has 4 aromatic rings. The van der Waals surface area contributed by atoms with Crippen LogP contribution in [0, 0.1) is 6.92 Å². The lowest BCUT2D eigenvalue weighted by Gasteiger charge is -2.08. The molecule has 6 nitrogen and oxygen atoms in total. The van der Waals surface area contributed by atoms with E-state index in [1.807, 2.05) is 43.3 Å². The molecular formula is C23H19ClN4O2. The minimum atomic E-state index is -0.418. The molecule has 0 bridgehead atoms. The van der Waals surface area contributed by atoms with E-state index in [-0.39, 0.29) is 5.82 Å². The van der Waals surface area contributed by atoms with Gasteiger partial charge in [0.1, 0.15) is 5.75 Å². The van der Waals surface area contributed by atoms with Crippen molar-refractivity contribution in [1.82, 2.24) is 14.8 Å². The highest BCUT2D eigenvalue weighted by molar-refractivity contribution is 6.30. The third-order valence-electron chi connectivity index (χ3n) is 4.56. The van der Waals surface area contributed by atoms with Crippen molar-refractivity contribution in [2.75, 3.05) is 12.4 Å². The summed E-state index contributed by atoms with van der Waals surface area (Å²) in [5.74, 6) is 0.809. The fourth-order valence-corrected chi connectivity index (χ4v) is 3.27. The Balaban J connectivity index is 1.77. The molecule has 1 amide bonds. The van der Waals surface area contributed by atoms with Crippen LogP contribution >= 0.6 is 11.6 Å². The topological polar surface area (TPSA) is 69.0 Å². The monoisotopic (exact) mass is 418 g/mol. The van der Waals surface area contributed by atoms with E-state index in [2.05, 4.69) is 15.4 Å². The summed E-state index contributed by atoms with van der Waals surface area (Å²) in [7, 11) is 1.57. The standard InChI is InChI=1S/C23H19ClN4O2/c1-15-7-3-4-12-20(15)28-22(16-8-5-9-17(24)13-16)26-21(27-28)23(29)25-18-10-6-11-19(14-18)30-2/h3-14H,1-2H3,(H,25,29). The highest BCUT2D eigenvalue weighted by Crippen LogP contribution is 2.26. The van der Waals surface area contributed by atoms with Crippen molar-refractivity contribution < 1.29 is 9.53 Å². The first-order valence-corrected chi connectivity index (χ1v) is 9.67. The molecule has 30 heavy (non-hydrogen) atoms. The zero-order valence-corrected chi connectivity index (χ0v) is 17.2. The van der Waals surface area contributed by atoms with E-state index in [0.29, 0.717) is 22.3 Å². The number of hydrogen-bond donors (Lipinski definition) is 1. The summed E-state index contributed by atoms with van der Waals surface area (Å²) in [6.07, 6.45) is 0. The molecule has 0 fully saturated rings. The van der Waals surface area contributed by atoms with E-state index in [9.17, 15) is 4.79 Å². The van der Waals surface area contributed by atoms with E-state index in [1.54, 1.807) is 48.2 Å². The van der Waals surface area contributed by atoms with Crippen molar-refractivity contribution >= 4 is 23.2 Å². The molecule has 0 spiro atoms. The normalized spacial score (nSPS) is 10.6. The van der Waals surface area contributed by atoms with Gasteiger partial charge in [0.25, 0.3) is 5.91 Å². The van der Waals surface area contributed by atoms with Gasteiger partial charge >= 0.3 is 0 Å². The van der Waals surface area contributed by atoms with Crippen molar-refractivity contribution in [3.63, 3.8) is 0 Å². The van der Waals surface area contributed by atoms with Crippen LogP contribution in [0.25, 0.3) is 17.1 Å². The van der Waals surface area contributed by atoms with E-state index >= 15 is 0 Å². The molecule has 0 radical (unpaired) electrons. The first kappa shape index (κ1) is 19.7. The number of benzene rings is 3. The summed E-state index contributed by atoms with van der Waals surface area (Å²) < 4.78 is 6.87. The van der Waals surface area contributed by atoms with Crippen LogP contribution in [0.15, 0.2) is 72.8 Å². The van der Waals surface area contributed by atoms with Gasteiger partial charge in [-0.3, -0.25) is 4.79 Å². The average molecular weight is 419 g/mol. The third-order valence-corrected chi connectivity index (χ3v) is 4.80. The van der Waals surface area contributed by atoms with Crippen molar-refractivity contribution in [1.29, 1.82) is 0 Å². The van der Waals surface area contributed by atoms with Crippen LogP contribution in [0.4, 0.5) is 5.69 Å². The van der Waals surface area contributed by atoms with Gasteiger partial charge in [-0.25, -0.2) is 9.67 Å². The maximum absolute atomic E-state index is 12.9. The first-order valence-electron chi connectivity index (χ1n) is 9.29. The van der Waals surface area contributed by atoms with Gasteiger partial charge in [-0.05, 0) is 42.8 Å². The van der Waals surface area contributed by atoms with Crippen LogP contribution in [-0.4, -0.2) is 27.8 Å². The molecule has 4 rings (SSSR count). The Kier molecular flexibility index (Phi) is 5.50. The summed E-state index contributed by atoms with van der Waals surface area (Å²) in [4.78, 5) is 17.4. The highest BCUT2D eigenvalue weighted by atomic mass is 35.5. The predicted molar refractivity (Wildman–Crippen MR) is 117 cm³/mol. The smallest absolute Gasteiger partial charge is 0.295 e. The van der Waals surface area contributed by atoms with Gasteiger partial charge in [-0.1, -0.05) is 48.0 Å². The Morgan fingerprint density at radius 1 is 1.03 bits per heavy atom. The number of aromatic nitrogens is 3. The maximum atomic E-state index is 12.9. The van der Waals surface area contributed by atoms with Gasteiger partial charge in [0, 0.05) is 22.3 Å². The second-order valence-corrected chi connectivity index (χ2v) is 7.09. The number of carbonyl (C=O) groups excluding carboxylic acids is 1. The van der Waals surface area contributed by atoms with Crippen molar-refractivity contribution in [2.45, 2.75) is 6.92 Å². The Hall–Kier alpha value is -3.64. The minimum absolute atomic E-state index is 0.0519. The molecule has 0 saturated carbocycles. The van der Waals surface area contributed by atoms with Gasteiger partial charge in [-0.15, -0.1) is 5.10 Å². The summed E-state index contributed by atoms with van der Waals surface area (Å²) >= 11 is 6.18. The summed E-state index contributed by atoms with van der Waals surface area (Å²) in [5, 5.41) is 7.90. The Morgan fingerprint density at radius 2 is 1.83 bits per heavy atom. The van der Waals surface area contributed by atoms with Gasteiger partial charge in [0.15, 0.2) is 5.82 Å². The number of amides is 1. The zero-order chi connectivity index (χ0) is 21.1. The molecule has 7 heteroatoms. The molecule has 0 aliphatic heterocycles. The summed E-state index contributed by atoms with van der Waals surface area (Å²) in [5.41, 5.74) is 3.19. The van der Waals surface area contributed by atoms with E-state index < -0.39 is 5.91 Å². The van der Waals surface area contributed by atoms with Crippen LogP contribution in [0.3, 0.4) is 0 Å². The summed E-state index contributed by atoms with van der Waals surface area (Å²) in [6.45, 7) is 1.98. The van der Waals surface area contributed by atoms with Crippen LogP contribution < -0.4 is 10.1 Å². The van der Waals surface area contributed by atoms with Crippen molar-refractivity contribution in [3.8, 4) is 22.8 Å². The van der Waals surface area contributed by atoms with E-state index in [0.717, 1.165) is 16.8 Å². The molecule has 0 unspecified atom stereocenters. The molecule has 0 atom stereocenters. The molecular weight excluding hydrogens is 400 g/mol. The first-order chi connectivity index (χ1) is 14.5. The highest BCUT2D eigenvalue weighted by Gasteiger charge is 2.20. The number of nitrogens with one attached hydrogen (secondary N) is 1. The van der Waals surface area contributed by atoms with Gasteiger partial charge in [0.05, 0.1) is 12.8 Å². The number of anilines is 1. The zero-order valence-electron chi connectivity index (χ0n) is 16.5. The number of methoxy groups -OCH3 is 1. The maximum Gasteiger partial charge on any atom is 0.295 e. The number of para-hydroxylation sites is 1. The predicted octanol–water partition coefficient (Wildman–Crippen LogP) is 5.16. The largest absolute Gasteiger partial charge is 0.497 e. The molecule has 1 N–H and O–H groups in total. The quantitative estimate of drug-likeness (QED) is 0.486. The molecule has 0 aliphatic rings. The van der Waals surface area contributed by atoms with Gasteiger partial charge in [0.2, 0.25) is 5.82 Å². The van der Waals surface area contributed by atoms with Crippen LogP contribution in [0.1, 0.15) is 16.2 Å². The number of aryl methyl sites for hydroxylation is 1. The number of hydrogen-bond acceptors (Lipinski definition) is 4. The fourth-order valence-electron chi connectivity index (χ4n) is 3.08. The Bertz CT molecular complexity index is 1220. The number of carbonyl (C=O) groups is 1. The Labute approximate surface area is 179 Å². The van der Waals surface area contributed by atoms with Crippen LogP contribution in [0.5, 0.6) is 5.75 Å². The fraction of sp³-hybridized carbons (Fsp3) is 0.0870. The van der Waals surface area contributed by atoms with E-state index in [1.165, 1.54) is 0 Å². The van der Waals surface area contributed by atoms with Crippen molar-refractivity contribution in [3.05, 3.63) is 89.2 Å². The SMILES string of the molecule is COc1cccc(NC(=O)c2nc(-c3cccc(Cl)c3)n(-c3ccccc3C)n2)c1. The lowest BCUT2D eigenvalue weighted by Crippen LogP contribution is -2.14. The summed E-state index contributed by atoms with van der Waals surface area (Å²) in [6, 6.07) is 22.2. The Morgan fingerprint density at radius 3 is 2.60 bits per heavy atom. The van der Waals surface area contributed by atoms with Crippen LogP contribution in [0.2, 0.25) is 5.02 Å². The molecule has 1 heterocycles. The number of ether oxygens (including phenoxy) is 1. The number of rotatable bonds is 5. The van der Waals surface area contributed by atoms with Crippen LogP contribution in [-0.2, 0) is 0 Å². The lowest BCUT2D eigenvalue weighted by molar-refractivity contribution is 0.101. The molecule has 1 aromatic heterocycles. The molecule has 0 aliphatic carbocycles. The molecule has 0 saturated heterocycles. The number of halogens is 1.